The molecule has 0 fully saturated rings. The van der Waals surface area contributed by atoms with E-state index < -0.39 is 0 Å². The molecule has 0 radical (unpaired) electrons. The average molecular weight is 599 g/mol. The number of hydrogen-bond donors (Lipinski definition) is 0. The highest BCUT2D eigenvalue weighted by molar-refractivity contribution is 6.22. The van der Waals surface area contributed by atoms with Crippen LogP contribution in [0.1, 0.15) is 27.7 Å². The Labute approximate surface area is 269 Å². The SMILES string of the molecule is CC1(C)N=C2N(c3ccc(-c4nc(-c5ccccc5)nc(-c5ccc(-c6ccccc6)cc5)n4)cc3)c3ccccc3N2C1(C)C. The van der Waals surface area contributed by atoms with Crippen LogP contribution in [0.5, 0.6) is 0 Å². The molecular formula is C40H34N6. The summed E-state index contributed by atoms with van der Waals surface area (Å²) in [6.07, 6.45) is 0. The second-order valence-electron chi connectivity index (χ2n) is 12.9. The summed E-state index contributed by atoms with van der Waals surface area (Å²) in [5, 5.41) is 0. The Kier molecular flexibility index (Phi) is 6.36. The zero-order chi connectivity index (χ0) is 31.5. The van der Waals surface area contributed by atoms with Gasteiger partial charge in [0.05, 0.1) is 22.5 Å². The van der Waals surface area contributed by atoms with Crippen molar-refractivity contribution in [2.24, 2.45) is 4.99 Å². The fourth-order valence-electron chi connectivity index (χ4n) is 6.28. The topological polar surface area (TPSA) is 57.5 Å². The highest BCUT2D eigenvalue weighted by Crippen LogP contribution is 2.51. The molecule has 6 heteroatoms. The number of hydrogen-bond acceptors (Lipinski definition) is 6. The summed E-state index contributed by atoms with van der Waals surface area (Å²) in [5.41, 5.74) is 8.05. The molecule has 0 atom stereocenters. The molecule has 0 saturated heterocycles. The molecule has 0 saturated carbocycles. The maximum Gasteiger partial charge on any atom is 0.211 e. The van der Waals surface area contributed by atoms with E-state index in [0.717, 1.165) is 39.6 Å². The van der Waals surface area contributed by atoms with E-state index >= 15 is 0 Å². The lowest BCUT2D eigenvalue weighted by molar-refractivity contribution is 0.338. The summed E-state index contributed by atoms with van der Waals surface area (Å²) < 4.78 is 0. The number of benzene rings is 5. The standard InChI is InChI=1S/C40H34N6/c1-39(2)40(3,4)46-34-18-12-11-17-33(34)45(38(46)44-39)32-25-23-31(24-26-32)37-42-35(29-15-9-6-10-16-29)41-36(43-37)30-21-19-28(20-22-30)27-13-7-5-8-14-27/h5-26H,1-4H3. The minimum absolute atomic E-state index is 0.179. The molecule has 0 aliphatic carbocycles. The van der Waals surface area contributed by atoms with Crippen LogP contribution in [-0.2, 0) is 0 Å². The quantitative estimate of drug-likeness (QED) is 0.198. The van der Waals surface area contributed by atoms with E-state index in [1.165, 1.54) is 11.3 Å². The third-order valence-electron chi connectivity index (χ3n) is 9.50. The van der Waals surface area contributed by atoms with Crippen molar-refractivity contribution >= 4 is 23.0 Å². The van der Waals surface area contributed by atoms with Crippen LogP contribution in [0.15, 0.2) is 138 Å². The Balaban J connectivity index is 1.19. The molecule has 46 heavy (non-hydrogen) atoms. The first-order chi connectivity index (χ1) is 22.3. The molecule has 1 aromatic heterocycles. The first-order valence-corrected chi connectivity index (χ1v) is 15.7. The molecule has 224 valence electrons. The molecule has 8 rings (SSSR count). The number of aromatic nitrogens is 3. The maximum absolute atomic E-state index is 5.24. The molecule has 0 spiro atoms. The molecule has 6 aromatic rings. The first kappa shape index (κ1) is 27.9. The Morgan fingerprint density at radius 2 is 0.848 bits per heavy atom. The van der Waals surface area contributed by atoms with Gasteiger partial charge in [-0.25, -0.2) is 19.9 Å². The number of guanidine groups is 1. The summed E-state index contributed by atoms with van der Waals surface area (Å²) in [5.74, 6) is 2.87. The van der Waals surface area contributed by atoms with Crippen molar-refractivity contribution in [1.29, 1.82) is 0 Å². The van der Waals surface area contributed by atoms with Crippen LogP contribution in [0.4, 0.5) is 17.1 Å². The summed E-state index contributed by atoms with van der Waals surface area (Å²) >= 11 is 0. The number of aliphatic imine (C=N–C) groups is 1. The monoisotopic (exact) mass is 598 g/mol. The minimum atomic E-state index is -0.248. The van der Waals surface area contributed by atoms with Gasteiger partial charge in [-0.2, -0.15) is 0 Å². The summed E-state index contributed by atoms with van der Waals surface area (Å²) in [4.78, 5) is 24.7. The third-order valence-corrected chi connectivity index (χ3v) is 9.50. The van der Waals surface area contributed by atoms with Gasteiger partial charge < -0.3 is 4.90 Å². The van der Waals surface area contributed by atoms with Crippen molar-refractivity contribution in [3.05, 3.63) is 133 Å². The lowest BCUT2D eigenvalue weighted by atomic mass is 9.83. The van der Waals surface area contributed by atoms with E-state index in [0.29, 0.717) is 17.5 Å². The van der Waals surface area contributed by atoms with Gasteiger partial charge in [0.25, 0.3) is 0 Å². The van der Waals surface area contributed by atoms with E-state index in [4.69, 9.17) is 19.9 Å². The molecule has 2 aliphatic rings. The number of nitrogens with zero attached hydrogens (tertiary/aromatic N) is 6. The van der Waals surface area contributed by atoms with Gasteiger partial charge in [0.15, 0.2) is 17.5 Å². The second kappa shape index (κ2) is 10.5. The van der Waals surface area contributed by atoms with E-state index in [1.54, 1.807) is 0 Å². The van der Waals surface area contributed by atoms with Crippen LogP contribution < -0.4 is 9.80 Å². The van der Waals surface area contributed by atoms with Gasteiger partial charge >= 0.3 is 0 Å². The van der Waals surface area contributed by atoms with Crippen LogP contribution >= 0.6 is 0 Å². The van der Waals surface area contributed by atoms with Crippen LogP contribution in [0.25, 0.3) is 45.3 Å². The zero-order valence-electron chi connectivity index (χ0n) is 26.4. The number of anilines is 3. The van der Waals surface area contributed by atoms with Crippen molar-refractivity contribution in [3.8, 4) is 45.3 Å². The van der Waals surface area contributed by atoms with E-state index in [2.05, 4.69) is 135 Å². The van der Waals surface area contributed by atoms with E-state index in [1.807, 2.05) is 36.4 Å². The van der Waals surface area contributed by atoms with E-state index in [9.17, 15) is 0 Å². The lowest BCUT2D eigenvalue weighted by Crippen LogP contribution is -2.53. The maximum atomic E-state index is 5.24. The van der Waals surface area contributed by atoms with Crippen molar-refractivity contribution in [1.82, 2.24) is 15.0 Å². The average Bonchev–Trinajstić information content (AvgIpc) is 3.51. The summed E-state index contributed by atoms with van der Waals surface area (Å²) in [7, 11) is 0. The highest BCUT2D eigenvalue weighted by atomic mass is 15.5. The molecule has 0 bridgehead atoms. The first-order valence-electron chi connectivity index (χ1n) is 15.7. The minimum Gasteiger partial charge on any atom is -0.302 e. The fourth-order valence-corrected chi connectivity index (χ4v) is 6.28. The Morgan fingerprint density at radius 3 is 1.41 bits per heavy atom. The fraction of sp³-hybridized carbons (Fsp3) is 0.150. The van der Waals surface area contributed by atoms with Gasteiger partial charge in [0, 0.05) is 22.4 Å². The van der Waals surface area contributed by atoms with Gasteiger partial charge in [-0.05, 0) is 75.2 Å². The Bertz CT molecular complexity index is 2080. The predicted octanol–water partition coefficient (Wildman–Crippen LogP) is 9.42. The van der Waals surface area contributed by atoms with Crippen LogP contribution in [-0.4, -0.2) is 32.0 Å². The molecule has 3 heterocycles. The van der Waals surface area contributed by atoms with Gasteiger partial charge in [-0.1, -0.05) is 97.1 Å². The molecule has 5 aromatic carbocycles. The van der Waals surface area contributed by atoms with E-state index in [-0.39, 0.29) is 11.1 Å². The molecule has 6 nitrogen and oxygen atoms in total. The largest absolute Gasteiger partial charge is 0.302 e. The van der Waals surface area contributed by atoms with Gasteiger partial charge in [-0.3, -0.25) is 4.90 Å². The molecular weight excluding hydrogens is 564 g/mol. The number of para-hydroxylation sites is 2. The zero-order valence-corrected chi connectivity index (χ0v) is 26.4. The van der Waals surface area contributed by atoms with Crippen LogP contribution in [0.2, 0.25) is 0 Å². The summed E-state index contributed by atoms with van der Waals surface area (Å²) in [6, 6.07) is 45.9. The normalized spacial score (nSPS) is 15.8. The van der Waals surface area contributed by atoms with Crippen molar-refractivity contribution < 1.29 is 0 Å². The number of rotatable bonds is 5. The third kappa shape index (κ3) is 4.48. The Morgan fingerprint density at radius 1 is 0.435 bits per heavy atom. The highest BCUT2D eigenvalue weighted by Gasteiger charge is 2.54. The van der Waals surface area contributed by atoms with Crippen molar-refractivity contribution in [3.63, 3.8) is 0 Å². The molecule has 0 unspecified atom stereocenters. The van der Waals surface area contributed by atoms with Gasteiger partial charge in [0.1, 0.15) is 0 Å². The second-order valence-corrected chi connectivity index (χ2v) is 12.9. The molecule has 0 amide bonds. The van der Waals surface area contributed by atoms with Crippen LogP contribution in [0.3, 0.4) is 0 Å². The smallest absolute Gasteiger partial charge is 0.211 e. The predicted molar refractivity (Wildman–Crippen MR) is 188 cm³/mol. The Hall–Kier alpha value is -5.62. The number of fused-ring (bicyclic) bond motifs is 3. The molecule has 0 N–H and O–H groups in total. The van der Waals surface area contributed by atoms with Crippen LogP contribution in [0, 0.1) is 0 Å². The van der Waals surface area contributed by atoms with Crippen molar-refractivity contribution in [2.75, 3.05) is 9.80 Å². The summed E-state index contributed by atoms with van der Waals surface area (Å²) in [6.45, 7) is 8.95. The lowest BCUT2D eigenvalue weighted by Gasteiger charge is -2.39. The van der Waals surface area contributed by atoms with Gasteiger partial charge in [0.2, 0.25) is 5.96 Å². The van der Waals surface area contributed by atoms with Gasteiger partial charge in [-0.15, -0.1) is 0 Å². The van der Waals surface area contributed by atoms with Crippen molar-refractivity contribution in [2.45, 2.75) is 38.8 Å². The molecule has 2 aliphatic heterocycles.